The molecule has 0 aliphatic heterocycles. The van der Waals surface area contributed by atoms with Crippen LogP contribution in [0.4, 0.5) is 0 Å². The van der Waals surface area contributed by atoms with Crippen LogP contribution in [0.2, 0.25) is 0 Å². The quantitative estimate of drug-likeness (QED) is 0.558. The van der Waals surface area contributed by atoms with Gasteiger partial charge in [0.2, 0.25) is 0 Å². The predicted octanol–water partition coefficient (Wildman–Crippen LogP) is 2.20. The van der Waals surface area contributed by atoms with Crippen LogP contribution in [0.3, 0.4) is 0 Å². The molecule has 0 aromatic heterocycles. The molecule has 0 amide bonds. The summed E-state index contributed by atoms with van der Waals surface area (Å²) in [5.74, 6) is 0.232. The van der Waals surface area contributed by atoms with Gasteiger partial charge in [-0.2, -0.15) is 0 Å². The fourth-order valence-corrected chi connectivity index (χ4v) is 1.97. The number of likely N-dealkylation sites (N-methyl/N-ethyl adjacent to an activating group) is 1. The molecule has 0 heterocycles. The molecule has 0 aliphatic rings. The minimum absolute atomic E-state index is 0.0354. The van der Waals surface area contributed by atoms with E-state index in [1.54, 1.807) is 31.2 Å². The lowest BCUT2D eigenvalue weighted by Gasteiger charge is -2.16. The van der Waals surface area contributed by atoms with E-state index in [9.17, 15) is 9.59 Å². The summed E-state index contributed by atoms with van der Waals surface area (Å²) in [6.07, 6.45) is 0.0354. The molecule has 1 rings (SSSR count). The molecule has 0 saturated carbocycles. The molecule has 0 saturated heterocycles. The van der Waals surface area contributed by atoms with Gasteiger partial charge in [0.15, 0.2) is 5.78 Å². The second-order valence-electron chi connectivity index (χ2n) is 4.44. The number of rotatable bonds is 9. The van der Waals surface area contributed by atoms with Crippen LogP contribution < -0.4 is 10.1 Å². The first kappa shape index (κ1) is 17.2. The molecule has 1 unspecified atom stereocenters. The van der Waals surface area contributed by atoms with E-state index in [4.69, 9.17) is 9.47 Å². The van der Waals surface area contributed by atoms with Crippen molar-refractivity contribution >= 4 is 11.8 Å². The largest absolute Gasteiger partial charge is 0.494 e. The number of ketones is 1. The smallest absolute Gasteiger partial charge is 0.307 e. The van der Waals surface area contributed by atoms with Gasteiger partial charge in [-0.05, 0) is 44.7 Å². The Morgan fingerprint density at radius 2 is 1.76 bits per heavy atom. The third-order valence-electron chi connectivity index (χ3n) is 2.89. The second kappa shape index (κ2) is 9.13. The minimum atomic E-state index is -0.563. The van der Waals surface area contributed by atoms with Gasteiger partial charge in [0.05, 0.1) is 25.7 Å². The summed E-state index contributed by atoms with van der Waals surface area (Å²) in [4.78, 5) is 24.0. The first-order valence-electron chi connectivity index (χ1n) is 7.28. The fraction of sp³-hybridized carbons (Fsp3) is 0.500. The van der Waals surface area contributed by atoms with E-state index in [1.165, 1.54) is 0 Å². The maximum Gasteiger partial charge on any atom is 0.307 e. The van der Waals surface area contributed by atoms with Crippen LogP contribution >= 0.6 is 0 Å². The molecule has 1 aromatic rings. The Bertz CT molecular complexity index is 456. The standard InChI is InChI=1S/C16H23NO4/c1-4-17-14(11-15(18)21-6-3)16(19)12-7-9-13(10-8-12)20-5-2/h7-10,14,17H,4-6,11H2,1-3H3. The number of benzene rings is 1. The summed E-state index contributed by atoms with van der Waals surface area (Å²) >= 11 is 0. The molecule has 0 spiro atoms. The molecule has 0 fully saturated rings. The summed E-state index contributed by atoms with van der Waals surface area (Å²) in [5.41, 5.74) is 0.550. The van der Waals surface area contributed by atoms with Gasteiger partial charge < -0.3 is 14.8 Å². The van der Waals surface area contributed by atoms with Crippen molar-refractivity contribution in [2.75, 3.05) is 19.8 Å². The number of esters is 1. The molecule has 5 heteroatoms. The van der Waals surface area contributed by atoms with Crippen molar-refractivity contribution in [2.24, 2.45) is 0 Å². The summed E-state index contributed by atoms with van der Waals surface area (Å²) in [7, 11) is 0. The van der Waals surface area contributed by atoms with Crippen molar-refractivity contribution in [1.29, 1.82) is 0 Å². The zero-order valence-electron chi connectivity index (χ0n) is 12.8. The molecule has 0 aliphatic carbocycles. The number of ether oxygens (including phenoxy) is 2. The zero-order valence-corrected chi connectivity index (χ0v) is 12.8. The Morgan fingerprint density at radius 1 is 1.10 bits per heavy atom. The summed E-state index contributed by atoms with van der Waals surface area (Å²) in [5, 5.41) is 3.03. The maximum atomic E-state index is 12.4. The average molecular weight is 293 g/mol. The van der Waals surface area contributed by atoms with E-state index < -0.39 is 6.04 Å². The lowest BCUT2D eigenvalue weighted by atomic mass is 10.0. The highest BCUT2D eigenvalue weighted by Gasteiger charge is 2.22. The SMILES string of the molecule is CCNC(CC(=O)OCC)C(=O)c1ccc(OCC)cc1. The van der Waals surface area contributed by atoms with Gasteiger partial charge in [-0.1, -0.05) is 6.92 Å². The van der Waals surface area contributed by atoms with E-state index in [2.05, 4.69) is 5.32 Å². The van der Waals surface area contributed by atoms with Crippen LogP contribution in [0.1, 0.15) is 37.6 Å². The van der Waals surface area contributed by atoms with Gasteiger partial charge in [-0.3, -0.25) is 9.59 Å². The van der Waals surface area contributed by atoms with Crippen LogP contribution in [0.25, 0.3) is 0 Å². The van der Waals surface area contributed by atoms with Crippen molar-refractivity contribution in [3.63, 3.8) is 0 Å². The maximum absolute atomic E-state index is 12.4. The first-order valence-corrected chi connectivity index (χ1v) is 7.28. The highest BCUT2D eigenvalue weighted by Crippen LogP contribution is 2.14. The van der Waals surface area contributed by atoms with Crippen LogP contribution in [-0.4, -0.2) is 37.6 Å². The second-order valence-corrected chi connectivity index (χ2v) is 4.44. The van der Waals surface area contributed by atoms with Crippen molar-refractivity contribution in [1.82, 2.24) is 5.32 Å². The summed E-state index contributed by atoms with van der Waals surface area (Å²) in [6, 6.07) is 6.37. The van der Waals surface area contributed by atoms with Crippen molar-refractivity contribution in [3.05, 3.63) is 29.8 Å². The molecule has 1 atom stereocenters. The van der Waals surface area contributed by atoms with E-state index >= 15 is 0 Å². The Labute approximate surface area is 125 Å². The zero-order chi connectivity index (χ0) is 15.7. The molecule has 21 heavy (non-hydrogen) atoms. The highest BCUT2D eigenvalue weighted by atomic mass is 16.5. The van der Waals surface area contributed by atoms with E-state index in [0.717, 1.165) is 5.75 Å². The molecule has 1 N–H and O–H groups in total. The van der Waals surface area contributed by atoms with Crippen LogP contribution in [-0.2, 0) is 9.53 Å². The first-order chi connectivity index (χ1) is 10.1. The third-order valence-corrected chi connectivity index (χ3v) is 2.89. The number of hydrogen-bond acceptors (Lipinski definition) is 5. The van der Waals surface area contributed by atoms with Gasteiger partial charge in [-0.15, -0.1) is 0 Å². The Hall–Kier alpha value is -1.88. The highest BCUT2D eigenvalue weighted by molar-refractivity contribution is 6.01. The Kier molecular flexibility index (Phi) is 7.46. The molecule has 116 valence electrons. The van der Waals surface area contributed by atoms with Crippen molar-refractivity contribution in [2.45, 2.75) is 33.2 Å². The molecule has 5 nitrogen and oxygen atoms in total. The molecule has 0 bridgehead atoms. The molecule has 0 radical (unpaired) electrons. The third kappa shape index (κ3) is 5.55. The monoisotopic (exact) mass is 293 g/mol. The summed E-state index contributed by atoms with van der Waals surface area (Å²) < 4.78 is 10.2. The molecular weight excluding hydrogens is 270 g/mol. The van der Waals surface area contributed by atoms with Crippen LogP contribution in [0.5, 0.6) is 5.75 Å². The average Bonchev–Trinajstić information content (AvgIpc) is 2.47. The number of carbonyl (C=O) groups excluding carboxylic acids is 2. The lowest BCUT2D eigenvalue weighted by molar-refractivity contribution is -0.143. The minimum Gasteiger partial charge on any atom is -0.494 e. The van der Waals surface area contributed by atoms with E-state index in [0.29, 0.717) is 25.3 Å². The number of hydrogen-bond donors (Lipinski definition) is 1. The van der Waals surface area contributed by atoms with Crippen molar-refractivity contribution < 1.29 is 19.1 Å². The molecular formula is C16H23NO4. The normalized spacial score (nSPS) is 11.8. The van der Waals surface area contributed by atoms with Gasteiger partial charge in [-0.25, -0.2) is 0 Å². The van der Waals surface area contributed by atoms with Gasteiger partial charge in [0, 0.05) is 5.56 Å². The lowest BCUT2D eigenvalue weighted by Crippen LogP contribution is -2.39. The molecule has 1 aromatic carbocycles. The topological polar surface area (TPSA) is 64.6 Å². The van der Waals surface area contributed by atoms with Crippen LogP contribution in [0.15, 0.2) is 24.3 Å². The Morgan fingerprint density at radius 3 is 2.29 bits per heavy atom. The van der Waals surface area contributed by atoms with E-state index in [-0.39, 0.29) is 18.2 Å². The van der Waals surface area contributed by atoms with Gasteiger partial charge in [0.25, 0.3) is 0 Å². The van der Waals surface area contributed by atoms with E-state index in [1.807, 2.05) is 13.8 Å². The predicted molar refractivity (Wildman–Crippen MR) is 80.7 cm³/mol. The van der Waals surface area contributed by atoms with Gasteiger partial charge >= 0.3 is 5.97 Å². The van der Waals surface area contributed by atoms with Crippen molar-refractivity contribution in [3.8, 4) is 5.75 Å². The Balaban J connectivity index is 2.77. The number of nitrogens with one attached hydrogen (secondary N) is 1. The number of Topliss-reactive ketones (excluding diaryl/α,β-unsaturated/α-hetero) is 1. The summed E-state index contributed by atoms with van der Waals surface area (Å²) in [6.45, 7) is 7.04. The fourth-order valence-electron chi connectivity index (χ4n) is 1.97. The van der Waals surface area contributed by atoms with Gasteiger partial charge in [0.1, 0.15) is 5.75 Å². The van der Waals surface area contributed by atoms with Crippen LogP contribution in [0, 0.1) is 0 Å². The number of carbonyl (C=O) groups is 2.